The van der Waals surface area contributed by atoms with E-state index in [1.807, 2.05) is 0 Å². The molecular weight excluding hydrogens is 377 g/mol. The highest BCUT2D eigenvalue weighted by molar-refractivity contribution is 7.91. The number of hydroxylamine groups is 2. The van der Waals surface area contributed by atoms with Gasteiger partial charge in [0.25, 0.3) is 0 Å². The fourth-order valence-corrected chi connectivity index (χ4v) is 4.56. The first-order valence-electron chi connectivity index (χ1n) is 8.37. The number of nitrogens with zero attached hydrogens (tertiary/aromatic N) is 1. The van der Waals surface area contributed by atoms with Gasteiger partial charge in [-0.3, -0.25) is 10.0 Å². The zero-order valence-electron chi connectivity index (χ0n) is 14.7. The molecule has 0 atom stereocenters. The topological polar surface area (TPSA) is 108 Å². The molecule has 9 heteroatoms. The molecule has 146 valence electrons. The Balaban J connectivity index is 1.97. The molecule has 0 bridgehead atoms. The third-order valence-corrected chi connectivity index (χ3v) is 6.37. The molecule has 0 unspecified atom stereocenters. The number of halogens is 1. The van der Waals surface area contributed by atoms with Crippen LogP contribution in [0, 0.1) is 5.82 Å². The zero-order chi connectivity index (χ0) is 19.8. The molecule has 1 saturated heterocycles. The minimum Gasteiger partial charge on any atom is -0.452 e. The van der Waals surface area contributed by atoms with Crippen LogP contribution in [0.2, 0.25) is 0 Å². The van der Waals surface area contributed by atoms with Gasteiger partial charge in [0.05, 0.1) is 11.5 Å². The standard InChI is InChI=1S/C18H20FNO6S/c1-20(23)17(21)16-13(10-12-2-4-14(19)5-3-12)11-15(26-16)18(22)6-8-27(24,25)9-7-18/h2-5,11,22-23H,6-10H2,1H3. The number of hydrogen-bond acceptors (Lipinski definition) is 6. The lowest BCUT2D eigenvalue weighted by Gasteiger charge is -2.29. The number of carbonyl (C=O) groups excluding carboxylic acids is 1. The molecule has 1 aromatic carbocycles. The summed E-state index contributed by atoms with van der Waals surface area (Å²) in [7, 11) is -2.05. The summed E-state index contributed by atoms with van der Waals surface area (Å²) in [6.07, 6.45) is 0.135. The van der Waals surface area contributed by atoms with Crippen molar-refractivity contribution in [3.63, 3.8) is 0 Å². The highest BCUT2D eigenvalue weighted by Gasteiger charge is 2.40. The lowest BCUT2D eigenvalue weighted by Crippen LogP contribution is -2.36. The van der Waals surface area contributed by atoms with Crippen LogP contribution in [0.15, 0.2) is 34.7 Å². The molecule has 2 N–H and O–H groups in total. The normalized spacial score (nSPS) is 18.2. The molecular formula is C18H20FNO6S. The highest BCUT2D eigenvalue weighted by Crippen LogP contribution is 2.36. The van der Waals surface area contributed by atoms with Gasteiger partial charge in [0.15, 0.2) is 15.6 Å². The van der Waals surface area contributed by atoms with Crippen molar-refractivity contribution in [2.24, 2.45) is 0 Å². The molecule has 27 heavy (non-hydrogen) atoms. The number of rotatable bonds is 4. The van der Waals surface area contributed by atoms with Gasteiger partial charge in [0.1, 0.15) is 17.2 Å². The van der Waals surface area contributed by atoms with Crippen LogP contribution in [0.1, 0.15) is 40.3 Å². The largest absolute Gasteiger partial charge is 0.452 e. The van der Waals surface area contributed by atoms with Gasteiger partial charge in [-0.1, -0.05) is 12.1 Å². The van der Waals surface area contributed by atoms with Crippen LogP contribution in [-0.4, -0.2) is 48.3 Å². The van der Waals surface area contributed by atoms with Gasteiger partial charge in [0, 0.05) is 19.0 Å². The number of sulfone groups is 1. The molecule has 1 fully saturated rings. The van der Waals surface area contributed by atoms with E-state index in [4.69, 9.17) is 4.42 Å². The second-order valence-electron chi connectivity index (χ2n) is 6.78. The highest BCUT2D eigenvalue weighted by atomic mass is 32.2. The van der Waals surface area contributed by atoms with Gasteiger partial charge in [0.2, 0.25) is 0 Å². The first-order valence-corrected chi connectivity index (χ1v) is 10.2. The summed E-state index contributed by atoms with van der Waals surface area (Å²) in [5.41, 5.74) is -0.393. The van der Waals surface area contributed by atoms with Crippen molar-refractivity contribution < 1.29 is 32.3 Å². The SMILES string of the molecule is CN(O)C(=O)c1oc(C2(O)CCS(=O)(=O)CC2)cc1Cc1ccc(F)cc1. The summed E-state index contributed by atoms with van der Waals surface area (Å²) in [5.74, 6) is -1.62. The average molecular weight is 397 g/mol. The quantitative estimate of drug-likeness (QED) is 0.602. The summed E-state index contributed by atoms with van der Waals surface area (Å²) < 4.78 is 42.0. The third kappa shape index (κ3) is 4.20. The van der Waals surface area contributed by atoms with E-state index in [1.54, 1.807) is 12.1 Å². The maximum Gasteiger partial charge on any atom is 0.312 e. The van der Waals surface area contributed by atoms with Gasteiger partial charge < -0.3 is 9.52 Å². The van der Waals surface area contributed by atoms with Crippen LogP contribution in [-0.2, 0) is 21.9 Å². The van der Waals surface area contributed by atoms with E-state index < -0.39 is 27.2 Å². The molecule has 0 spiro atoms. The van der Waals surface area contributed by atoms with Crippen molar-refractivity contribution in [3.05, 3.63) is 58.8 Å². The fourth-order valence-electron chi connectivity index (χ4n) is 3.06. The molecule has 3 rings (SSSR count). The molecule has 2 heterocycles. The molecule has 1 amide bonds. The van der Waals surface area contributed by atoms with Gasteiger partial charge in [-0.05, 0) is 36.6 Å². The zero-order valence-corrected chi connectivity index (χ0v) is 15.5. The summed E-state index contributed by atoms with van der Waals surface area (Å²) >= 11 is 0. The molecule has 0 aliphatic carbocycles. The van der Waals surface area contributed by atoms with E-state index in [0.717, 1.165) is 7.05 Å². The summed E-state index contributed by atoms with van der Waals surface area (Å²) in [6, 6.07) is 7.19. The molecule has 1 aliphatic heterocycles. The van der Waals surface area contributed by atoms with Gasteiger partial charge in [-0.25, -0.2) is 17.9 Å². The molecule has 0 saturated carbocycles. The maximum atomic E-state index is 13.1. The molecule has 1 aromatic heterocycles. The minimum atomic E-state index is -3.20. The monoisotopic (exact) mass is 397 g/mol. The Labute approximate surface area is 155 Å². The molecule has 1 aliphatic rings. The van der Waals surface area contributed by atoms with E-state index in [2.05, 4.69) is 0 Å². The number of carbonyl (C=O) groups is 1. The van der Waals surface area contributed by atoms with Crippen LogP contribution < -0.4 is 0 Å². The Morgan fingerprint density at radius 3 is 2.41 bits per heavy atom. The first kappa shape index (κ1) is 19.5. The summed E-state index contributed by atoms with van der Waals surface area (Å²) in [5, 5.41) is 20.7. The van der Waals surface area contributed by atoms with Gasteiger partial charge >= 0.3 is 5.91 Å². The maximum absolute atomic E-state index is 13.1. The summed E-state index contributed by atoms with van der Waals surface area (Å²) in [6.45, 7) is 0. The predicted octanol–water partition coefficient (Wildman–Crippen LogP) is 1.87. The van der Waals surface area contributed by atoms with Crippen molar-refractivity contribution in [2.45, 2.75) is 24.9 Å². The van der Waals surface area contributed by atoms with Crippen LogP contribution in [0.4, 0.5) is 4.39 Å². The summed E-state index contributed by atoms with van der Waals surface area (Å²) in [4.78, 5) is 12.3. The number of benzene rings is 1. The Hall–Kier alpha value is -2.23. The molecule has 7 nitrogen and oxygen atoms in total. The molecule has 0 radical (unpaired) electrons. The van der Waals surface area contributed by atoms with Crippen molar-refractivity contribution in [2.75, 3.05) is 18.6 Å². The van der Waals surface area contributed by atoms with Crippen LogP contribution in [0.25, 0.3) is 0 Å². The van der Waals surface area contributed by atoms with E-state index in [1.165, 1.54) is 18.2 Å². The van der Waals surface area contributed by atoms with Crippen molar-refractivity contribution in [1.82, 2.24) is 5.06 Å². The number of amides is 1. The van der Waals surface area contributed by atoms with Crippen molar-refractivity contribution >= 4 is 15.7 Å². The Morgan fingerprint density at radius 1 is 1.26 bits per heavy atom. The third-order valence-electron chi connectivity index (χ3n) is 4.72. The predicted molar refractivity (Wildman–Crippen MR) is 93.6 cm³/mol. The second kappa shape index (κ2) is 7.06. The Bertz CT molecular complexity index is 935. The minimum absolute atomic E-state index is 0.0402. The van der Waals surface area contributed by atoms with Crippen LogP contribution >= 0.6 is 0 Å². The van der Waals surface area contributed by atoms with E-state index in [0.29, 0.717) is 16.2 Å². The smallest absolute Gasteiger partial charge is 0.312 e. The second-order valence-corrected chi connectivity index (χ2v) is 9.08. The number of furan rings is 1. The first-order chi connectivity index (χ1) is 12.6. The fraction of sp³-hybridized carbons (Fsp3) is 0.389. The Kier molecular flexibility index (Phi) is 5.11. The van der Waals surface area contributed by atoms with Crippen LogP contribution in [0.3, 0.4) is 0 Å². The van der Waals surface area contributed by atoms with Crippen molar-refractivity contribution in [1.29, 1.82) is 0 Å². The van der Waals surface area contributed by atoms with E-state index in [9.17, 15) is 27.9 Å². The van der Waals surface area contributed by atoms with Gasteiger partial charge in [-0.2, -0.15) is 0 Å². The van der Waals surface area contributed by atoms with E-state index >= 15 is 0 Å². The van der Waals surface area contributed by atoms with Crippen molar-refractivity contribution in [3.8, 4) is 0 Å². The van der Waals surface area contributed by atoms with Gasteiger partial charge in [-0.15, -0.1) is 0 Å². The number of hydrogen-bond donors (Lipinski definition) is 2. The van der Waals surface area contributed by atoms with E-state index in [-0.39, 0.29) is 42.3 Å². The molecule has 2 aromatic rings. The number of aliphatic hydroxyl groups is 1. The lowest BCUT2D eigenvalue weighted by molar-refractivity contribution is -0.0411. The Morgan fingerprint density at radius 2 is 1.85 bits per heavy atom. The average Bonchev–Trinajstić information content (AvgIpc) is 3.03. The van der Waals surface area contributed by atoms with Crippen LogP contribution in [0.5, 0.6) is 0 Å². The lowest BCUT2D eigenvalue weighted by atomic mass is 9.93.